The zero-order valence-electron chi connectivity index (χ0n) is 20.3. The summed E-state index contributed by atoms with van der Waals surface area (Å²) in [6.45, 7) is 4.12. The number of aromatic nitrogens is 3. The van der Waals surface area contributed by atoms with Gasteiger partial charge in [0.25, 0.3) is 5.56 Å². The van der Waals surface area contributed by atoms with Crippen LogP contribution >= 0.6 is 0 Å². The molecule has 4 rings (SSSR count). The maximum Gasteiger partial charge on any atom is 0.419 e. The molecule has 0 aliphatic rings. The van der Waals surface area contributed by atoms with Crippen LogP contribution in [0.2, 0.25) is 0 Å². The van der Waals surface area contributed by atoms with Gasteiger partial charge in [0, 0.05) is 19.3 Å². The molecule has 12 heteroatoms. The molecule has 2 heterocycles. The van der Waals surface area contributed by atoms with Crippen LogP contribution in [0.15, 0.2) is 61.4 Å². The monoisotopic (exact) mass is 517 g/mol. The minimum Gasteiger partial charge on any atom is -0.462 e. The van der Waals surface area contributed by atoms with Crippen molar-refractivity contribution in [1.82, 2.24) is 13.7 Å². The molecule has 0 saturated heterocycles. The van der Waals surface area contributed by atoms with Crippen LogP contribution in [0.1, 0.15) is 46.9 Å². The van der Waals surface area contributed by atoms with Crippen LogP contribution in [-0.4, -0.2) is 26.3 Å². The number of nitrogens with zero attached hydrogens (tertiary/aromatic N) is 3. The zero-order valence-corrected chi connectivity index (χ0v) is 20.3. The van der Waals surface area contributed by atoms with E-state index in [1.165, 1.54) is 62.7 Å². The highest BCUT2D eigenvalue weighted by Gasteiger charge is 2.34. The second-order valence-corrected chi connectivity index (χ2v) is 8.36. The average molecular weight is 517 g/mol. The summed E-state index contributed by atoms with van der Waals surface area (Å²) in [5.41, 5.74) is -2.68. The summed E-state index contributed by atoms with van der Waals surface area (Å²) in [6, 6.07) is 6.66. The van der Waals surface area contributed by atoms with Crippen LogP contribution in [0.5, 0.6) is 0 Å². The number of benzene rings is 2. The topological polar surface area (TPSA) is 105 Å². The second-order valence-electron chi connectivity index (χ2n) is 8.36. The van der Waals surface area contributed by atoms with Gasteiger partial charge in [-0.1, -0.05) is 12.1 Å². The number of oxazole rings is 1. The molecule has 0 aliphatic carbocycles. The average Bonchev–Trinajstić information content (AvgIpc) is 3.11. The van der Waals surface area contributed by atoms with Crippen LogP contribution in [0.25, 0.3) is 16.8 Å². The van der Waals surface area contributed by atoms with Gasteiger partial charge < -0.3 is 9.15 Å². The largest absolute Gasteiger partial charge is 0.462 e. The molecule has 4 aromatic rings. The number of esters is 1. The third-order valence-electron chi connectivity index (χ3n) is 6.19. The van der Waals surface area contributed by atoms with Gasteiger partial charge in [-0.2, -0.15) is 13.2 Å². The summed E-state index contributed by atoms with van der Waals surface area (Å²) >= 11 is 0. The molecule has 194 valence electrons. The maximum atomic E-state index is 13.6. The highest BCUT2D eigenvalue weighted by molar-refractivity contribution is 5.88. The van der Waals surface area contributed by atoms with E-state index in [9.17, 15) is 32.3 Å². The van der Waals surface area contributed by atoms with Crippen LogP contribution in [0.3, 0.4) is 0 Å². The summed E-state index contributed by atoms with van der Waals surface area (Å²) < 4.78 is 53.7. The van der Waals surface area contributed by atoms with Crippen molar-refractivity contribution in [2.45, 2.75) is 33.0 Å². The summed E-state index contributed by atoms with van der Waals surface area (Å²) in [5, 5.41) is 0. The highest BCUT2D eigenvalue weighted by Crippen LogP contribution is 2.34. The predicted octanol–water partition coefficient (Wildman–Crippen LogP) is 3.56. The van der Waals surface area contributed by atoms with E-state index in [-0.39, 0.29) is 29.0 Å². The van der Waals surface area contributed by atoms with Crippen LogP contribution in [0, 0.1) is 6.92 Å². The summed E-state index contributed by atoms with van der Waals surface area (Å²) in [7, 11) is 1.50. The normalized spacial score (nSPS) is 12.6. The van der Waals surface area contributed by atoms with E-state index < -0.39 is 46.3 Å². The summed E-state index contributed by atoms with van der Waals surface area (Å²) in [5.74, 6) is -1.64. The first-order chi connectivity index (χ1) is 17.4. The Kier molecular flexibility index (Phi) is 6.44. The smallest absolute Gasteiger partial charge is 0.419 e. The highest BCUT2D eigenvalue weighted by atomic mass is 19.4. The van der Waals surface area contributed by atoms with Crippen molar-refractivity contribution < 1.29 is 27.1 Å². The number of ether oxygens (including phenoxy) is 1. The molecule has 0 bridgehead atoms. The first kappa shape index (κ1) is 25.7. The minimum absolute atomic E-state index is 0.0547. The number of fused-ring (bicyclic) bond motifs is 1. The molecule has 0 aliphatic heterocycles. The minimum atomic E-state index is -4.65. The van der Waals surface area contributed by atoms with Crippen molar-refractivity contribution in [2.24, 2.45) is 7.05 Å². The third-order valence-corrected chi connectivity index (χ3v) is 6.19. The molecule has 0 N–H and O–H groups in total. The molecule has 0 radical (unpaired) electrons. The molecule has 2 aromatic heterocycles. The SMILES string of the molecule is CCOC(=O)c1cn(-c2ccc3c(c2)oc(=O)n3C)c(=O)n(C(C)c2cccc(C(F)(F)F)c2C)c1=O. The Morgan fingerprint density at radius 1 is 1.14 bits per heavy atom. The van der Waals surface area contributed by atoms with E-state index in [1.807, 2.05) is 0 Å². The van der Waals surface area contributed by atoms with Gasteiger partial charge in [-0.05, 0) is 50.1 Å². The van der Waals surface area contributed by atoms with E-state index in [1.54, 1.807) is 0 Å². The molecule has 1 atom stereocenters. The fourth-order valence-electron chi connectivity index (χ4n) is 4.27. The number of halogens is 3. The van der Waals surface area contributed by atoms with Crippen molar-refractivity contribution in [3.8, 4) is 5.69 Å². The van der Waals surface area contributed by atoms with Crippen LogP contribution in [-0.2, 0) is 18.0 Å². The first-order valence-electron chi connectivity index (χ1n) is 11.2. The molecule has 1 unspecified atom stereocenters. The quantitative estimate of drug-likeness (QED) is 0.375. The lowest BCUT2D eigenvalue weighted by molar-refractivity contribution is -0.138. The Labute approximate surface area is 206 Å². The van der Waals surface area contributed by atoms with Gasteiger partial charge in [-0.3, -0.25) is 18.5 Å². The van der Waals surface area contributed by atoms with Crippen molar-refractivity contribution >= 4 is 17.1 Å². The maximum absolute atomic E-state index is 13.6. The van der Waals surface area contributed by atoms with Crippen molar-refractivity contribution in [1.29, 1.82) is 0 Å². The van der Waals surface area contributed by atoms with Crippen LogP contribution in [0.4, 0.5) is 13.2 Å². The van der Waals surface area contributed by atoms with E-state index in [4.69, 9.17) is 9.15 Å². The number of rotatable bonds is 5. The number of carbonyl (C=O) groups is 1. The van der Waals surface area contributed by atoms with Gasteiger partial charge in [-0.15, -0.1) is 0 Å². The van der Waals surface area contributed by atoms with Crippen LogP contribution < -0.4 is 17.0 Å². The van der Waals surface area contributed by atoms with Gasteiger partial charge in [0.15, 0.2) is 5.58 Å². The lowest BCUT2D eigenvalue weighted by atomic mass is 9.97. The number of alkyl halides is 3. The Hall–Kier alpha value is -4.35. The Bertz CT molecular complexity index is 1710. The molecule has 37 heavy (non-hydrogen) atoms. The van der Waals surface area contributed by atoms with Gasteiger partial charge in [0.05, 0.1) is 29.4 Å². The van der Waals surface area contributed by atoms with Gasteiger partial charge in [0.1, 0.15) is 5.56 Å². The predicted molar refractivity (Wildman–Crippen MR) is 127 cm³/mol. The molecular formula is C25H22F3N3O6. The third kappa shape index (κ3) is 4.39. The van der Waals surface area contributed by atoms with Crippen molar-refractivity contribution in [2.75, 3.05) is 6.61 Å². The molecule has 0 spiro atoms. The van der Waals surface area contributed by atoms with E-state index in [0.717, 1.165) is 16.8 Å². The molecule has 9 nitrogen and oxygen atoms in total. The molecule has 2 aromatic carbocycles. The van der Waals surface area contributed by atoms with Gasteiger partial charge in [-0.25, -0.2) is 14.4 Å². The Morgan fingerprint density at radius 3 is 2.49 bits per heavy atom. The number of hydrogen-bond acceptors (Lipinski definition) is 6. The van der Waals surface area contributed by atoms with E-state index >= 15 is 0 Å². The fourth-order valence-corrected chi connectivity index (χ4v) is 4.27. The van der Waals surface area contributed by atoms with Gasteiger partial charge >= 0.3 is 23.6 Å². The first-order valence-corrected chi connectivity index (χ1v) is 11.2. The standard InChI is InChI=1S/C25H22F3N3O6/c1-5-36-22(33)17-12-30(15-9-10-19-20(11-15)37-24(35)29(19)4)23(34)31(21(17)32)14(3)16-7-6-8-18(13(16)2)25(26,27)28/h6-12,14H,5H2,1-4H3. The number of carbonyl (C=O) groups excluding carboxylic acids is 1. The van der Waals surface area contributed by atoms with Crippen molar-refractivity contribution in [3.05, 3.63) is 96.2 Å². The van der Waals surface area contributed by atoms with Gasteiger partial charge in [0.2, 0.25) is 0 Å². The molecule has 0 saturated carbocycles. The van der Waals surface area contributed by atoms with Crippen molar-refractivity contribution in [3.63, 3.8) is 0 Å². The Morgan fingerprint density at radius 2 is 1.84 bits per heavy atom. The lowest BCUT2D eigenvalue weighted by Gasteiger charge is -2.21. The fraction of sp³-hybridized carbons (Fsp3) is 0.280. The second kappa shape index (κ2) is 9.26. The molecule has 0 fully saturated rings. The lowest BCUT2D eigenvalue weighted by Crippen LogP contribution is -2.44. The number of hydrogen-bond donors (Lipinski definition) is 0. The number of aryl methyl sites for hydroxylation is 1. The molecular weight excluding hydrogens is 495 g/mol. The zero-order chi connectivity index (χ0) is 27.2. The Balaban J connectivity index is 2.00. The van der Waals surface area contributed by atoms with E-state index in [0.29, 0.717) is 10.1 Å². The summed E-state index contributed by atoms with van der Waals surface area (Å²) in [6.07, 6.45) is -3.64. The molecule has 0 amide bonds. The summed E-state index contributed by atoms with van der Waals surface area (Å²) in [4.78, 5) is 51.4. The van der Waals surface area contributed by atoms with E-state index in [2.05, 4.69) is 0 Å².